The molecule has 0 amide bonds. The molecule has 1 aromatic carbocycles. The zero-order valence-corrected chi connectivity index (χ0v) is 9.12. The summed E-state index contributed by atoms with van der Waals surface area (Å²) in [5.74, 6) is 0.324. The van der Waals surface area contributed by atoms with E-state index in [1.165, 1.54) is 5.56 Å². The second-order valence-corrected chi connectivity index (χ2v) is 3.79. The quantitative estimate of drug-likeness (QED) is 0.770. The van der Waals surface area contributed by atoms with Crippen LogP contribution in [0.15, 0.2) is 24.3 Å². The number of hydrogen-bond donors (Lipinski definition) is 2. The molecular formula is C12H19NO. The predicted molar refractivity (Wildman–Crippen MR) is 59.4 cm³/mol. The van der Waals surface area contributed by atoms with Gasteiger partial charge in [-0.25, -0.2) is 0 Å². The van der Waals surface area contributed by atoms with Crippen molar-refractivity contribution < 1.29 is 5.11 Å². The van der Waals surface area contributed by atoms with Gasteiger partial charge < -0.3 is 10.4 Å². The number of phenols is 1. The van der Waals surface area contributed by atoms with Gasteiger partial charge in [-0.15, -0.1) is 0 Å². The summed E-state index contributed by atoms with van der Waals surface area (Å²) >= 11 is 0. The Hall–Kier alpha value is -1.02. The van der Waals surface area contributed by atoms with Crippen molar-refractivity contribution in [1.82, 2.24) is 5.32 Å². The van der Waals surface area contributed by atoms with Gasteiger partial charge in [0.25, 0.3) is 0 Å². The largest absolute Gasteiger partial charge is 0.508 e. The third-order valence-electron chi connectivity index (χ3n) is 2.54. The van der Waals surface area contributed by atoms with Gasteiger partial charge in [0.05, 0.1) is 0 Å². The fourth-order valence-electron chi connectivity index (χ4n) is 1.40. The van der Waals surface area contributed by atoms with Crippen molar-refractivity contribution in [2.45, 2.75) is 39.3 Å². The first-order valence-corrected chi connectivity index (χ1v) is 5.18. The van der Waals surface area contributed by atoms with E-state index >= 15 is 0 Å². The molecule has 0 heterocycles. The average molecular weight is 193 g/mol. The molecule has 2 atom stereocenters. The minimum Gasteiger partial charge on any atom is -0.508 e. The Balaban J connectivity index is 2.60. The number of aromatic hydroxyl groups is 1. The molecule has 14 heavy (non-hydrogen) atoms. The Kier molecular flexibility index (Phi) is 3.96. The lowest BCUT2D eigenvalue weighted by Crippen LogP contribution is -2.28. The lowest BCUT2D eigenvalue weighted by molar-refractivity contribution is 0.464. The first kappa shape index (κ1) is 11.1. The van der Waals surface area contributed by atoms with Crippen molar-refractivity contribution >= 4 is 0 Å². The van der Waals surface area contributed by atoms with Crippen molar-refractivity contribution in [3.63, 3.8) is 0 Å². The van der Waals surface area contributed by atoms with E-state index in [2.05, 4.69) is 26.1 Å². The van der Waals surface area contributed by atoms with E-state index < -0.39 is 0 Å². The summed E-state index contributed by atoms with van der Waals surface area (Å²) in [5, 5.41) is 12.6. The van der Waals surface area contributed by atoms with Gasteiger partial charge in [0.2, 0.25) is 0 Å². The van der Waals surface area contributed by atoms with Gasteiger partial charge in [0.1, 0.15) is 5.75 Å². The highest BCUT2D eigenvalue weighted by Crippen LogP contribution is 2.16. The smallest absolute Gasteiger partial charge is 0.115 e. The van der Waals surface area contributed by atoms with Crippen LogP contribution in [0.3, 0.4) is 0 Å². The van der Waals surface area contributed by atoms with Crippen molar-refractivity contribution in [1.29, 1.82) is 0 Å². The zero-order valence-electron chi connectivity index (χ0n) is 9.12. The summed E-state index contributed by atoms with van der Waals surface area (Å²) in [6.45, 7) is 6.48. The lowest BCUT2D eigenvalue weighted by Gasteiger charge is -2.19. The minimum atomic E-state index is 0.324. The molecule has 78 valence electrons. The second kappa shape index (κ2) is 5.01. The average Bonchev–Trinajstić information content (AvgIpc) is 2.18. The van der Waals surface area contributed by atoms with E-state index in [4.69, 9.17) is 5.11 Å². The van der Waals surface area contributed by atoms with Crippen LogP contribution in [0.2, 0.25) is 0 Å². The van der Waals surface area contributed by atoms with Gasteiger partial charge in [-0.2, -0.15) is 0 Å². The maximum absolute atomic E-state index is 9.15. The highest BCUT2D eigenvalue weighted by molar-refractivity contribution is 5.27. The Morgan fingerprint density at radius 3 is 2.29 bits per heavy atom. The predicted octanol–water partition coefficient (Wildman–Crippen LogP) is 2.84. The third-order valence-corrected chi connectivity index (χ3v) is 2.54. The first-order chi connectivity index (χ1) is 6.63. The van der Waals surface area contributed by atoms with Crippen molar-refractivity contribution in [2.75, 3.05) is 0 Å². The minimum absolute atomic E-state index is 0.324. The molecule has 0 aromatic heterocycles. The molecule has 0 fully saturated rings. The van der Waals surface area contributed by atoms with Crippen LogP contribution in [0.5, 0.6) is 5.75 Å². The molecule has 2 nitrogen and oxygen atoms in total. The highest BCUT2D eigenvalue weighted by atomic mass is 16.3. The molecule has 0 radical (unpaired) electrons. The fraction of sp³-hybridized carbons (Fsp3) is 0.500. The highest BCUT2D eigenvalue weighted by Gasteiger charge is 2.07. The monoisotopic (exact) mass is 193 g/mol. The van der Waals surface area contributed by atoms with Gasteiger partial charge in [-0.05, 0) is 38.0 Å². The summed E-state index contributed by atoms with van der Waals surface area (Å²) in [4.78, 5) is 0. The molecule has 1 aromatic rings. The third kappa shape index (κ3) is 3.04. The molecule has 0 aliphatic carbocycles. The summed E-state index contributed by atoms with van der Waals surface area (Å²) in [7, 11) is 0. The maximum atomic E-state index is 9.15. The van der Waals surface area contributed by atoms with Crippen LogP contribution in [0.1, 0.15) is 38.8 Å². The van der Waals surface area contributed by atoms with E-state index in [0.29, 0.717) is 17.8 Å². The Morgan fingerprint density at radius 1 is 1.21 bits per heavy atom. The summed E-state index contributed by atoms with van der Waals surface area (Å²) < 4.78 is 0. The number of nitrogens with one attached hydrogen (secondary N) is 1. The number of hydrogen-bond acceptors (Lipinski definition) is 2. The molecule has 0 saturated heterocycles. The Morgan fingerprint density at radius 2 is 1.79 bits per heavy atom. The molecule has 0 spiro atoms. The van der Waals surface area contributed by atoms with Crippen LogP contribution in [-0.4, -0.2) is 11.1 Å². The van der Waals surface area contributed by atoms with Crippen LogP contribution in [0.4, 0.5) is 0 Å². The van der Waals surface area contributed by atoms with Gasteiger partial charge >= 0.3 is 0 Å². The Bertz CT molecular complexity index is 268. The normalized spacial score (nSPS) is 15.1. The molecule has 0 saturated carbocycles. The molecule has 2 N–H and O–H groups in total. The van der Waals surface area contributed by atoms with E-state index in [1.807, 2.05) is 12.1 Å². The number of phenolic OH excluding ortho intramolecular Hbond substituents is 1. The maximum Gasteiger partial charge on any atom is 0.115 e. The van der Waals surface area contributed by atoms with Crippen LogP contribution >= 0.6 is 0 Å². The van der Waals surface area contributed by atoms with E-state index in [-0.39, 0.29) is 0 Å². The van der Waals surface area contributed by atoms with Gasteiger partial charge in [-0.1, -0.05) is 19.1 Å². The SMILES string of the molecule is CCC(C)NC(C)c1ccc(O)cc1. The molecule has 0 aliphatic heterocycles. The van der Waals surface area contributed by atoms with Crippen LogP contribution in [-0.2, 0) is 0 Å². The molecule has 2 unspecified atom stereocenters. The van der Waals surface area contributed by atoms with E-state index in [9.17, 15) is 0 Å². The summed E-state index contributed by atoms with van der Waals surface area (Å²) in [6, 6.07) is 8.23. The standard InChI is InChI=1S/C12H19NO/c1-4-9(2)13-10(3)11-5-7-12(14)8-6-11/h5-10,13-14H,4H2,1-3H3. The lowest BCUT2D eigenvalue weighted by atomic mass is 10.1. The number of rotatable bonds is 4. The fourth-order valence-corrected chi connectivity index (χ4v) is 1.40. The first-order valence-electron chi connectivity index (χ1n) is 5.18. The topological polar surface area (TPSA) is 32.3 Å². The van der Waals surface area contributed by atoms with Gasteiger partial charge in [0, 0.05) is 12.1 Å². The number of benzene rings is 1. The molecule has 0 aliphatic rings. The van der Waals surface area contributed by atoms with Crippen molar-refractivity contribution in [2.24, 2.45) is 0 Å². The van der Waals surface area contributed by atoms with Crippen molar-refractivity contribution in [3.05, 3.63) is 29.8 Å². The van der Waals surface area contributed by atoms with Crippen LogP contribution < -0.4 is 5.32 Å². The van der Waals surface area contributed by atoms with Gasteiger partial charge in [0.15, 0.2) is 0 Å². The molecule has 1 rings (SSSR count). The van der Waals surface area contributed by atoms with Crippen LogP contribution in [0.25, 0.3) is 0 Å². The van der Waals surface area contributed by atoms with E-state index in [1.54, 1.807) is 12.1 Å². The summed E-state index contributed by atoms with van der Waals surface area (Å²) in [6.07, 6.45) is 1.13. The molecule has 0 bridgehead atoms. The summed E-state index contributed by atoms with van der Waals surface area (Å²) in [5.41, 5.74) is 1.21. The van der Waals surface area contributed by atoms with Crippen LogP contribution in [0, 0.1) is 0 Å². The van der Waals surface area contributed by atoms with E-state index in [0.717, 1.165) is 6.42 Å². The van der Waals surface area contributed by atoms with Gasteiger partial charge in [-0.3, -0.25) is 0 Å². The Labute approximate surface area is 86.0 Å². The molecular weight excluding hydrogens is 174 g/mol. The second-order valence-electron chi connectivity index (χ2n) is 3.79. The zero-order chi connectivity index (χ0) is 10.6. The molecule has 2 heteroatoms. The van der Waals surface area contributed by atoms with Crippen molar-refractivity contribution in [3.8, 4) is 5.75 Å².